The molecule has 0 atom stereocenters. The van der Waals surface area contributed by atoms with Gasteiger partial charge in [0, 0.05) is 6.42 Å². The van der Waals surface area contributed by atoms with Gasteiger partial charge >= 0.3 is 0 Å². The van der Waals surface area contributed by atoms with Crippen molar-refractivity contribution in [2.45, 2.75) is 142 Å². The molecular formula is C26H46. The van der Waals surface area contributed by atoms with Gasteiger partial charge in [0.2, 0.25) is 0 Å². The van der Waals surface area contributed by atoms with Crippen molar-refractivity contribution in [1.29, 1.82) is 0 Å². The summed E-state index contributed by atoms with van der Waals surface area (Å²) in [7, 11) is 0. The molecule has 0 heteroatoms. The molecule has 26 heavy (non-hydrogen) atoms. The molecular weight excluding hydrogens is 312 g/mol. The third-order valence-electron chi connectivity index (χ3n) is 5.32. The van der Waals surface area contributed by atoms with Gasteiger partial charge in [-0.2, -0.15) is 0 Å². The van der Waals surface area contributed by atoms with Gasteiger partial charge in [0.25, 0.3) is 0 Å². The van der Waals surface area contributed by atoms with Crippen molar-refractivity contribution in [1.82, 2.24) is 0 Å². The van der Waals surface area contributed by atoms with Gasteiger partial charge in [-0.3, -0.25) is 0 Å². The monoisotopic (exact) mass is 358 g/mol. The Hall–Kier alpha value is -0.880. The van der Waals surface area contributed by atoms with Crippen molar-refractivity contribution in [3.8, 4) is 24.2 Å². The molecule has 0 aliphatic carbocycles. The highest BCUT2D eigenvalue weighted by Crippen LogP contribution is 2.14. The highest BCUT2D eigenvalue weighted by atomic mass is 14.0. The van der Waals surface area contributed by atoms with E-state index in [9.17, 15) is 0 Å². The molecule has 0 spiro atoms. The molecule has 0 radical (unpaired) electrons. The van der Waals surface area contributed by atoms with Gasteiger partial charge in [-0.1, -0.05) is 135 Å². The van der Waals surface area contributed by atoms with Gasteiger partial charge in [0.15, 0.2) is 0 Å². The van der Waals surface area contributed by atoms with E-state index in [0.717, 1.165) is 6.42 Å². The summed E-state index contributed by atoms with van der Waals surface area (Å²) in [5.74, 6) is 8.06. The lowest BCUT2D eigenvalue weighted by Crippen LogP contribution is -1.84. The Morgan fingerprint density at radius 2 is 0.769 bits per heavy atom. The molecule has 0 saturated heterocycles. The molecule has 0 N–H and O–H groups in total. The van der Waals surface area contributed by atoms with E-state index in [1.54, 1.807) is 0 Å². The van der Waals surface area contributed by atoms with Crippen LogP contribution in [0.1, 0.15) is 142 Å². The molecule has 0 rings (SSSR count). The molecule has 0 unspecified atom stereocenters. The van der Waals surface area contributed by atoms with E-state index in [0.29, 0.717) is 0 Å². The Kier molecular flexibility index (Phi) is 23.3. The predicted molar refractivity (Wildman–Crippen MR) is 119 cm³/mol. The van der Waals surface area contributed by atoms with Crippen LogP contribution in [0.3, 0.4) is 0 Å². The summed E-state index contributed by atoms with van der Waals surface area (Å²) in [5.41, 5.74) is 0. The second-order valence-corrected chi connectivity index (χ2v) is 7.91. The van der Waals surface area contributed by atoms with Crippen LogP contribution in [-0.4, -0.2) is 0 Å². The summed E-state index contributed by atoms with van der Waals surface area (Å²) in [5, 5.41) is 0. The predicted octanol–water partition coefficient (Wildman–Crippen LogP) is 8.84. The Morgan fingerprint density at radius 1 is 0.462 bits per heavy atom. The Balaban J connectivity index is 3.00. The van der Waals surface area contributed by atoms with E-state index in [-0.39, 0.29) is 0 Å². The number of unbranched alkanes of at least 4 members (excludes halogenated alkanes) is 20. The molecule has 0 fully saturated rings. The fourth-order valence-corrected chi connectivity index (χ4v) is 3.58. The largest absolute Gasteiger partial charge is 0.106 e. The van der Waals surface area contributed by atoms with Crippen LogP contribution in [0.4, 0.5) is 0 Å². The van der Waals surface area contributed by atoms with Crippen LogP contribution in [0.15, 0.2) is 0 Å². The highest BCUT2D eigenvalue weighted by molar-refractivity contribution is 5.21. The normalized spacial score (nSPS) is 10.3. The van der Waals surface area contributed by atoms with Gasteiger partial charge in [0.05, 0.1) is 0 Å². The van der Waals surface area contributed by atoms with Gasteiger partial charge in [-0.25, -0.2) is 0 Å². The number of terminal acetylenes is 1. The van der Waals surface area contributed by atoms with Crippen LogP contribution in [-0.2, 0) is 0 Å². The molecule has 0 aromatic rings. The van der Waals surface area contributed by atoms with Crippen LogP contribution in [0.2, 0.25) is 0 Å². The zero-order valence-corrected chi connectivity index (χ0v) is 17.9. The topological polar surface area (TPSA) is 0 Å². The third-order valence-corrected chi connectivity index (χ3v) is 5.32. The molecule has 0 aliphatic heterocycles. The number of hydrogen-bond acceptors (Lipinski definition) is 0. The lowest BCUT2D eigenvalue weighted by molar-refractivity contribution is 0.522. The van der Waals surface area contributed by atoms with Crippen molar-refractivity contribution in [3.63, 3.8) is 0 Å². The summed E-state index contributed by atoms with van der Waals surface area (Å²) in [6.45, 7) is 2.29. The molecule has 0 amide bonds. The highest BCUT2D eigenvalue weighted by Gasteiger charge is 1.95. The maximum Gasteiger partial charge on any atom is 0.00989 e. The van der Waals surface area contributed by atoms with E-state index in [1.165, 1.54) is 128 Å². The van der Waals surface area contributed by atoms with Crippen LogP contribution in [0, 0.1) is 24.2 Å². The summed E-state index contributed by atoms with van der Waals surface area (Å²) >= 11 is 0. The molecule has 150 valence electrons. The Labute approximate surface area is 166 Å². The summed E-state index contributed by atoms with van der Waals surface area (Å²) in [6.07, 6.45) is 34.6. The SMILES string of the molecule is C#CC#CCCCCCCCCCCCCCCCCCCCCCC. The maximum atomic E-state index is 5.09. The number of rotatable bonds is 20. The van der Waals surface area contributed by atoms with Gasteiger partial charge < -0.3 is 0 Å². The van der Waals surface area contributed by atoms with Gasteiger partial charge in [-0.15, -0.1) is 6.42 Å². The van der Waals surface area contributed by atoms with Crippen LogP contribution in [0.25, 0.3) is 0 Å². The Morgan fingerprint density at radius 3 is 1.08 bits per heavy atom. The van der Waals surface area contributed by atoms with Crippen molar-refractivity contribution >= 4 is 0 Å². The van der Waals surface area contributed by atoms with E-state index in [2.05, 4.69) is 24.7 Å². The minimum absolute atomic E-state index is 0.975. The first-order valence-electron chi connectivity index (χ1n) is 11.8. The van der Waals surface area contributed by atoms with E-state index in [4.69, 9.17) is 6.42 Å². The number of hydrogen-bond donors (Lipinski definition) is 0. The van der Waals surface area contributed by atoms with Crippen molar-refractivity contribution in [2.24, 2.45) is 0 Å². The average Bonchev–Trinajstić information content (AvgIpc) is 2.66. The molecule has 0 aromatic heterocycles. The lowest BCUT2D eigenvalue weighted by Gasteiger charge is -2.04. The van der Waals surface area contributed by atoms with Crippen molar-refractivity contribution < 1.29 is 0 Å². The second-order valence-electron chi connectivity index (χ2n) is 7.91. The first-order valence-corrected chi connectivity index (χ1v) is 11.8. The van der Waals surface area contributed by atoms with Crippen LogP contribution >= 0.6 is 0 Å². The summed E-state index contributed by atoms with van der Waals surface area (Å²) < 4.78 is 0. The van der Waals surface area contributed by atoms with Crippen LogP contribution in [0.5, 0.6) is 0 Å². The molecule has 0 nitrogen and oxygen atoms in total. The first kappa shape index (κ1) is 25.1. The molecule has 0 heterocycles. The van der Waals surface area contributed by atoms with E-state index in [1.807, 2.05) is 0 Å². The average molecular weight is 359 g/mol. The minimum atomic E-state index is 0.975. The molecule has 0 saturated carbocycles. The first-order chi connectivity index (χ1) is 12.9. The molecule has 0 bridgehead atoms. The smallest absolute Gasteiger partial charge is 0.00989 e. The minimum Gasteiger partial charge on any atom is -0.106 e. The summed E-state index contributed by atoms with van der Waals surface area (Å²) in [6, 6.07) is 0. The fraction of sp³-hybridized carbons (Fsp3) is 0.846. The maximum absolute atomic E-state index is 5.09. The standard InChI is InChI=1S/C26H46/c1-3-5-7-9-11-13-15-17-19-21-23-25-26-24-22-20-18-16-14-12-10-8-6-4-2/h1H,4,6,8-26H2,2H3. The third kappa shape index (κ3) is 23.1. The van der Waals surface area contributed by atoms with E-state index < -0.39 is 0 Å². The lowest BCUT2D eigenvalue weighted by atomic mass is 10.0. The van der Waals surface area contributed by atoms with Gasteiger partial charge in [0.1, 0.15) is 0 Å². The van der Waals surface area contributed by atoms with Crippen LogP contribution < -0.4 is 0 Å². The van der Waals surface area contributed by atoms with Crippen molar-refractivity contribution in [3.05, 3.63) is 0 Å². The zero-order chi connectivity index (χ0) is 19.0. The zero-order valence-electron chi connectivity index (χ0n) is 17.9. The molecule has 0 aromatic carbocycles. The molecule has 0 aliphatic rings. The second kappa shape index (κ2) is 24.1. The Bertz CT molecular complexity index is 348. The van der Waals surface area contributed by atoms with Gasteiger partial charge in [-0.05, 0) is 18.3 Å². The van der Waals surface area contributed by atoms with Crippen molar-refractivity contribution in [2.75, 3.05) is 0 Å². The fourth-order valence-electron chi connectivity index (χ4n) is 3.58. The summed E-state index contributed by atoms with van der Waals surface area (Å²) in [4.78, 5) is 0. The van der Waals surface area contributed by atoms with E-state index >= 15 is 0 Å². The quantitative estimate of drug-likeness (QED) is 0.151.